The average Bonchev–Trinajstić information content (AvgIpc) is 2.77. The lowest BCUT2D eigenvalue weighted by Gasteiger charge is -2.14. The Kier molecular flexibility index (Phi) is 8.87. The summed E-state index contributed by atoms with van der Waals surface area (Å²) in [5.41, 5.74) is 2.03. The van der Waals surface area contributed by atoms with Crippen LogP contribution in [0.1, 0.15) is 21.5 Å². The number of hydrogen-bond donors (Lipinski definition) is 1. The van der Waals surface area contributed by atoms with Crippen molar-refractivity contribution in [2.75, 3.05) is 6.54 Å². The second-order valence-corrected chi connectivity index (χ2v) is 6.88. The third kappa shape index (κ3) is 5.69. The lowest BCUT2D eigenvalue weighted by Crippen LogP contribution is -2.31. The molecule has 9 heteroatoms. The van der Waals surface area contributed by atoms with Gasteiger partial charge in [0.1, 0.15) is 11.4 Å². The fraction of sp³-hybridized carbons (Fsp3) is 0.130. The molecule has 0 unspecified atom stereocenters. The zero-order valence-electron chi connectivity index (χ0n) is 16.9. The highest BCUT2D eigenvalue weighted by molar-refractivity contribution is 5.97. The highest BCUT2D eigenvalue weighted by Gasteiger charge is 2.16. The van der Waals surface area contributed by atoms with Gasteiger partial charge in [0, 0.05) is 49.5 Å². The molecule has 0 atom stereocenters. The first-order chi connectivity index (χ1) is 14.6. The van der Waals surface area contributed by atoms with Gasteiger partial charge in [0.25, 0.3) is 5.91 Å². The summed E-state index contributed by atoms with van der Waals surface area (Å²) in [6.45, 7) is 0.788. The van der Waals surface area contributed by atoms with Crippen LogP contribution < -0.4 is 10.7 Å². The van der Waals surface area contributed by atoms with Crippen LogP contribution in [0.3, 0.4) is 0 Å². The van der Waals surface area contributed by atoms with Gasteiger partial charge in [0.2, 0.25) is 5.43 Å². The minimum atomic E-state index is -0.523. The van der Waals surface area contributed by atoms with Crippen LogP contribution in [-0.2, 0) is 13.0 Å². The average molecular weight is 475 g/mol. The summed E-state index contributed by atoms with van der Waals surface area (Å²) >= 11 is 0. The fourth-order valence-electron chi connectivity index (χ4n) is 3.31. The largest absolute Gasteiger partial charge is 0.352 e. The van der Waals surface area contributed by atoms with E-state index in [-0.39, 0.29) is 35.8 Å². The van der Waals surface area contributed by atoms with E-state index >= 15 is 0 Å². The Morgan fingerprint density at radius 1 is 0.938 bits per heavy atom. The van der Waals surface area contributed by atoms with E-state index in [1.54, 1.807) is 35.4 Å². The van der Waals surface area contributed by atoms with Crippen LogP contribution in [0.4, 0.5) is 4.39 Å². The quantitative estimate of drug-likeness (QED) is 0.461. The van der Waals surface area contributed by atoms with Gasteiger partial charge < -0.3 is 9.88 Å². The molecule has 1 aromatic carbocycles. The van der Waals surface area contributed by atoms with Crippen LogP contribution in [0.5, 0.6) is 0 Å². The molecule has 6 nitrogen and oxygen atoms in total. The summed E-state index contributed by atoms with van der Waals surface area (Å²) in [5, 5.41) is 2.95. The van der Waals surface area contributed by atoms with E-state index < -0.39 is 17.2 Å². The Morgan fingerprint density at radius 2 is 1.56 bits per heavy atom. The number of amides is 1. The van der Waals surface area contributed by atoms with Gasteiger partial charge in [-0.3, -0.25) is 19.6 Å². The van der Waals surface area contributed by atoms with Crippen molar-refractivity contribution in [3.63, 3.8) is 0 Å². The molecule has 0 aliphatic carbocycles. The number of carbonyl (C=O) groups is 1. The number of hydrogen-bond acceptors (Lipinski definition) is 4. The van der Waals surface area contributed by atoms with Gasteiger partial charge in [-0.2, -0.15) is 0 Å². The molecule has 1 N–H and O–H groups in total. The van der Waals surface area contributed by atoms with E-state index in [1.165, 1.54) is 18.3 Å². The van der Waals surface area contributed by atoms with Crippen molar-refractivity contribution >= 4 is 41.6 Å². The molecule has 0 saturated heterocycles. The third-order valence-electron chi connectivity index (χ3n) is 4.84. The predicted octanol–water partition coefficient (Wildman–Crippen LogP) is 3.80. The van der Waals surface area contributed by atoms with Gasteiger partial charge in [0.05, 0.1) is 5.52 Å². The van der Waals surface area contributed by atoms with Crippen molar-refractivity contribution in [1.29, 1.82) is 0 Å². The molecule has 32 heavy (non-hydrogen) atoms. The number of carbonyl (C=O) groups excluding carboxylic acids is 1. The zero-order chi connectivity index (χ0) is 20.9. The van der Waals surface area contributed by atoms with Crippen LogP contribution >= 0.6 is 24.8 Å². The molecule has 0 bridgehead atoms. The van der Waals surface area contributed by atoms with E-state index in [0.29, 0.717) is 25.0 Å². The number of rotatable bonds is 6. The summed E-state index contributed by atoms with van der Waals surface area (Å²) in [6.07, 6.45) is 8.87. The summed E-state index contributed by atoms with van der Waals surface area (Å²) in [7, 11) is 0. The highest BCUT2D eigenvalue weighted by atomic mass is 35.5. The number of nitrogens with one attached hydrogen (secondary N) is 1. The maximum atomic E-state index is 13.8. The molecule has 0 spiro atoms. The van der Waals surface area contributed by atoms with Gasteiger partial charge in [-0.25, -0.2) is 4.39 Å². The van der Waals surface area contributed by atoms with Crippen LogP contribution in [0, 0.1) is 5.82 Å². The van der Waals surface area contributed by atoms with Gasteiger partial charge in [-0.05, 0) is 60.0 Å². The maximum absolute atomic E-state index is 13.8. The Labute approximate surface area is 196 Å². The van der Waals surface area contributed by atoms with Crippen molar-refractivity contribution < 1.29 is 9.18 Å². The molecule has 1 amide bonds. The number of fused-ring (bicyclic) bond motifs is 1. The minimum Gasteiger partial charge on any atom is -0.352 e. The molecule has 4 aromatic rings. The first-order valence-electron chi connectivity index (χ1n) is 9.50. The molecule has 4 rings (SSSR count). The normalized spacial score (nSPS) is 10.2. The van der Waals surface area contributed by atoms with E-state index in [9.17, 15) is 14.0 Å². The Bertz CT molecular complexity index is 1250. The van der Waals surface area contributed by atoms with Crippen LogP contribution in [0.2, 0.25) is 0 Å². The Hall–Kier alpha value is -3.29. The summed E-state index contributed by atoms with van der Waals surface area (Å²) < 4.78 is 15.6. The predicted molar refractivity (Wildman–Crippen MR) is 126 cm³/mol. The number of aromatic nitrogens is 3. The fourth-order valence-corrected chi connectivity index (χ4v) is 3.31. The van der Waals surface area contributed by atoms with Crippen molar-refractivity contribution in [1.82, 2.24) is 19.9 Å². The molecular weight excluding hydrogens is 454 g/mol. The molecule has 3 aromatic heterocycles. The van der Waals surface area contributed by atoms with Crippen molar-refractivity contribution in [2.45, 2.75) is 13.0 Å². The second-order valence-electron chi connectivity index (χ2n) is 6.88. The lowest BCUT2D eigenvalue weighted by molar-refractivity contribution is 0.0952. The molecule has 0 fully saturated rings. The first kappa shape index (κ1) is 25.0. The lowest BCUT2D eigenvalue weighted by atomic mass is 10.1. The smallest absolute Gasteiger partial charge is 0.256 e. The van der Waals surface area contributed by atoms with Gasteiger partial charge in [0.15, 0.2) is 0 Å². The molecule has 3 heterocycles. The van der Waals surface area contributed by atoms with Crippen molar-refractivity contribution in [3.05, 3.63) is 106 Å². The zero-order valence-corrected chi connectivity index (χ0v) is 18.5. The summed E-state index contributed by atoms with van der Waals surface area (Å²) in [4.78, 5) is 33.6. The van der Waals surface area contributed by atoms with E-state index in [2.05, 4.69) is 15.3 Å². The minimum absolute atomic E-state index is 0. The molecule has 166 valence electrons. The van der Waals surface area contributed by atoms with Crippen LogP contribution in [-0.4, -0.2) is 27.0 Å². The molecule has 0 saturated carbocycles. The number of halogens is 3. The Morgan fingerprint density at radius 3 is 2.22 bits per heavy atom. The summed E-state index contributed by atoms with van der Waals surface area (Å²) in [5.74, 6) is -1.01. The van der Waals surface area contributed by atoms with Crippen LogP contribution in [0.15, 0.2) is 78.2 Å². The second kappa shape index (κ2) is 11.4. The SMILES string of the molecule is Cl.Cl.O=C(NCCc1ccncc1)c1cn(Cc2ccncc2)c2ccc(F)cc2c1=O. The number of benzene rings is 1. The third-order valence-corrected chi connectivity index (χ3v) is 4.84. The molecular formula is C23H21Cl2FN4O2. The standard InChI is InChI=1S/C23H19FN4O2.2ClH/c24-18-1-2-21-19(13-18)22(29)20(15-28(21)14-17-5-10-26-11-6-17)23(30)27-12-7-16-3-8-25-9-4-16;;/h1-6,8-11,13,15H,7,12,14H2,(H,27,30);2*1H. The van der Waals surface area contributed by atoms with E-state index in [4.69, 9.17) is 0 Å². The Balaban J connectivity index is 0.00000181. The molecule has 0 aliphatic heterocycles. The maximum Gasteiger partial charge on any atom is 0.256 e. The van der Waals surface area contributed by atoms with Gasteiger partial charge >= 0.3 is 0 Å². The van der Waals surface area contributed by atoms with Crippen LogP contribution in [0.25, 0.3) is 10.9 Å². The summed E-state index contributed by atoms with van der Waals surface area (Å²) in [6, 6.07) is 11.5. The van der Waals surface area contributed by atoms with Crippen molar-refractivity contribution in [3.8, 4) is 0 Å². The monoisotopic (exact) mass is 474 g/mol. The molecule has 0 aliphatic rings. The first-order valence-corrected chi connectivity index (χ1v) is 9.50. The highest BCUT2D eigenvalue weighted by Crippen LogP contribution is 2.16. The van der Waals surface area contributed by atoms with Gasteiger partial charge in [-0.15, -0.1) is 24.8 Å². The van der Waals surface area contributed by atoms with Crippen molar-refractivity contribution in [2.24, 2.45) is 0 Å². The number of pyridine rings is 3. The van der Waals surface area contributed by atoms with E-state index in [0.717, 1.165) is 11.1 Å². The van der Waals surface area contributed by atoms with E-state index in [1.807, 2.05) is 24.3 Å². The van der Waals surface area contributed by atoms with Gasteiger partial charge in [-0.1, -0.05) is 0 Å². The molecule has 0 radical (unpaired) electrons. The topological polar surface area (TPSA) is 76.9 Å². The number of nitrogens with zero attached hydrogens (tertiary/aromatic N) is 3.